The maximum Gasteiger partial charge on any atom is 0.247 e. The third-order valence-electron chi connectivity index (χ3n) is 7.25. The molecular weight excluding hydrogens is 631 g/mol. The van der Waals surface area contributed by atoms with Gasteiger partial charge in [-0.3, -0.25) is 19.5 Å². The average Bonchev–Trinajstić information content (AvgIpc) is 3.51. The number of halogens is 3. The summed E-state index contributed by atoms with van der Waals surface area (Å²) in [5, 5.41) is 18.5. The molecule has 13 heteroatoms. The molecule has 216 valence electrons. The van der Waals surface area contributed by atoms with Gasteiger partial charge in [0.25, 0.3) is 0 Å². The highest BCUT2D eigenvalue weighted by Gasteiger charge is 2.39. The van der Waals surface area contributed by atoms with E-state index in [9.17, 15) is 9.59 Å². The van der Waals surface area contributed by atoms with Gasteiger partial charge in [-0.15, -0.1) is 5.10 Å². The van der Waals surface area contributed by atoms with Crippen LogP contribution in [-0.4, -0.2) is 72.4 Å². The van der Waals surface area contributed by atoms with Crippen molar-refractivity contribution in [3.63, 3.8) is 0 Å². The van der Waals surface area contributed by atoms with Crippen LogP contribution in [0.1, 0.15) is 31.5 Å². The molecule has 10 nitrogen and oxygen atoms in total. The van der Waals surface area contributed by atoms with Gasteiger partial charge in [-0.25, -0.2) is 4.68 Å². The first-order valence-electron chi connectivity index (χ1n) is 13.3. The number of aryl methyl sites for hydroxylation is 1. The van der Waals surface area contributed by atoms with Crippen molar-refractivity contribution in [2.45, 2.75) is 58.4 Å². The molecule has 1 aromatic heterocycles. The van der Waals surface area contributed by atoms with Crippen LogP contribution in [0.2, 0.25) is 10.0 Å². The number of hydrogen-bond donors (Lipinski definition) is 1. The number of amides is 2. The molecule has 0 saturated carbocycles. The molecule has 0 radical (unpaired) electrons. The molecule has 3 aromatic rings. The topological polar surface area (TPSA) is 99.0 Å². The van der Waals surface area contributed by atoms with Crippen molar-refractivity contribution >= 4 is 66.9 Å². The Balaban J connectivity index is 1.18. The van der Waals surface area contributed by atoms with Crippen LogP contribution >= 0.6 is 39.1 Å². The number of nitrogens with zero attached hydrogens (tertiary/aromatic N) is 7. The van der Waals surface area contributed by atoms with Crippen molar-refractivity contribution in [1.82, 2.24) is 24.8 Å². The number of rotatable bonds is 7. The standard InChI is InChI=1S/C28H31BrCl2N8O2/c1-17-4-6-24(7-5-17)39-25(11-26(29)34-39)28(41)36-12-18(2)38(19(3)13-36)15-23-14-37(35-33-23)16-27(40)32-22-9-20(30)8-21(31)10-22/h4-10,14,18-19,25H,11-13,15-16H2,1-3H3,(H,32,40)/t18-,19+,25?. The van der Waals surface area contributed by atoms with E-state index < -0.39 is 0 Å². The number of anilines is 2. The Morgan fingerprint density at radius 3 is 2.37 bits per heavy atom. The summed E-state index contributed by atoms with van der Waals surface area (Å²) in [5.74, 6) is -0.198. The molecule has 2 amide bonds. The largest absolute Gasteiger partial charge is 0.338 e. The van der Waals surface area contributed by atoms with Gasteiger partial charge in [0.15, 0.2) is 0 Å². The molecule has 3 atom stereocenters. The van der Waals surface area contributed by atoms with Crippen LogP contribution in [0.25, 0.3) is 0 Å². The zero-order valence-electron chi connectivity index (χ0n) is 23.0. The van der Waals surface area contributed by atoms with Crippen molar-refractivity contribution in [1.29, 1.82) is 0 Å². The van der Waals surface area contributed by atoms with Crippen LogP contribution in [0.3, 0.4) is 0 Å². The van der Waals surface area contributed by atoms with E-state index in [0.29, 0.717) is 41.8 Å². The second-order valence-corrected chi connectivity index (χ2v) is 12.4. The number of piperazine rings is 1. The SMILES string of the molecule is Cc1ccc(N2N=C(Br)CC2C(=O)N2C[C@@H](C)N(Cc3cn(CC(=O)Nc4cc(Cl)cc(Cl)c4)nn3)[C@@H](C)C2)cc1. The Bertz CT molecular complexity index is 1430. The van der Waals surface area contributed by atoms with Crippen LogP contribution in [0, 0.1) is 6.92 Å². The van der Waals surface area contributed by atoms with Crippen molar-refractivity contribution in [3.05, 3.63) is 70.0 Å². The molecule has 1 N–H and O–H groups in total. The van der Waals surface area contributed by atoms with Crippen LogP contribution < -0.4 is 10.3 Å². The van der Waals surface area contributed by atoms with Gasteiger partial charge in [-0.1, -0.05) is 46.1 Å². The molecule has 2 aliphatic rings. The lowest BCUT2D eigenvalue weighted by Gasteiger charge is -2.45. The van der Waals surface area contributed by atoms with E-state index in [0.717, 1.165) is 21.6 Å². The van der Waals surface area contributed by atoms with Crippen molar-refractivity contribution in [2.24, 2.45) is 5.10 Å². The molecule has 41 heavy (non-hydrogen) atoms. The number of hydrogen-bond acceptors (Lipinski definition) is 7. The van der Waals surface area contributed by atoms with Crippen molar-refractivity contribution in [2.75, 3.05) is 23.4 Å². The number of nitrogens with one attached hydrogen (secondary N) is 1. The first-order chi connectivity index (χ1) is 19.5. The first-order valence-corrected chi connectivity index (χ1v) is 14.9. The quantitative estimate of drug-likeness (QED) is 0.385. The molecule has 1 fully saturated rings. The summed E-state index contributed by atoms with van der Waals surface area (Å²) in [6.45, 7) is 8.01. The van der Waals surface area contributed by atoms with Gasteiger partial charge in [-0.05, 0) is 67.0 Å². The molecule has 0 spiro atoms. The van der Waals surface area contributed by atoms with E-state index >= 15 is 0 Å². The van der Waals surface area contributed by atoms with E-state index in [1.165, 1.54) is 4.68 Å². The molecule has 2 aromatic carbocycles. The predicted molar refractivity (Wildman–Crippen MR) is 165 cm³/mol. The second kappa shape index (κ2) is 12.5. The van der Waals surface area contributed by atoms with Gasteiger partial charge in [0.2, 0.25) is 11.8 Å². The summed E-state index contributed by atoms with van der Waals surface area (Å²) in [5.41, 5.74) is 3.32. The number of benzene rings is 2. The molecule has 1 unspecified atom stereocenters. The van der Waals surface area contributed by atoms with E-state index in [2.05, 4.69) is 55.4 Å². The maximum atomic E-state index is 13.7. The summed E-state index contributed by atoms with van der Waals surface area (Å²) in [7, 11) is 0. The highest BCUT2D eigenvalue weighted by molar-refractivity contribution is 9.18. The highest BCUT2D eigenvalue weighted by atomic mass is 79.9. The summed E-state index contributed by atoms with van der Waals surface area (Å²) in [6, 6.07) is 12.7. The minimum absolute atomic E-state index is 0.00101. The number of carbonyl (C=O) groups excluding carboxylic acids is 2. The molecule has 2 aliphatic heterocycles. The fourth-order valence-corrected chi connectivity index (χ4v) is 6.31. The Morgan fingerprint density at radius 1 is 1.05 bits per heavy atom. The van der Waals surface area contributed by atoms with Gasteiger partial charge in [0, 0.05) is 53.9 Å². The van der Waals surface area contributed by atoms with Gasteiger partial charge in [-0.2, -0.15) is 5.10 Å². The summed E-state index contributed by atoms with van der Waals surface area (Å²) in [6.07, 6.45) is 2.31. The molecule has 5 rings (SSSR count). The lowest BCUT2D eigenvalue weighted by molar-refractivity contribution is -0.137. The predicted octanol–water partition coefficient (Wildman–Crippen LogP) is 4.94. The van der Waals surface area contributed by atoms with E-state index in [1.807, 2.05) is 41.1 Å². The summed E-state index contributed by atoms with van der Waals surface area (Å²) < 4.78 is 2.27. The zero-order chi connectivity index (χ0) is 29.3. The van der Waals surface area contributed by atoms with E-state index in [4.69, 9.17) is 23.2 Å². The summed E-state index contributed by atoms with van der Waals surface area (Å²) in [4.78, 5) is 30.5. The lowest BCUT2D eigenvalue weighted by atomic mass is 10.1. The molecule has 0 aliphatic carbocycles. The Kier molecular flexibility index (Phi) is 8.98. The Hall–Kier alpha value is -2.99. The Labute approximate surface area is 257 Å². The van der Waals surface area contributed by atoms with Crippen LogP contribution in [0.15, 0.2) is 53.8 Å². The normalized spacial score (nSPS) is 21.2. The first kappa shape index (κ1) is 29.5. The van der Waals surface area contributed by atoms with Gasteiger partial charge >= 0.3 is 0 Å². The van der Waals surface area contributed by atoms with E-state index in [1.54, 1.807) is 24.4 Å². The third-order valence-corrected chi connectivity index (χ3v) is 8.17. The minimum atomic E-state index is -0.382. The Morgan fingerprint density at radius 2 is 1.71 bits per heavy atom. The van der Waals surface area contributed by atoms with Crippen molar-refractivity contribution < 1.29 is 9.59 Å². The monoisotopic (exact) mass is 660 g/mol. The van der Waals surface area contributed by atoms with Crippen LogP contribution in [0.5, 0.6) is 0 Å². The highest BCUT2D eigenvalue weighted by Crippen LogP contribution is 2.29. The van der Waals surface area contributed by atoms with Gasteiger partial charge < -0.3 is 10.2 Å². The molecule has 0 bridgehead atoms. The second-order valence-electron chi connectivity index (χ2n) is 10.6. The van der Waals surface area contributed by atoms with Crippen LogP contribution in [-0.2, 0) is 22.7 Å². The number of aromatic nitrogens is 3. The number of carbonyl (C=O) groups is 2. The summed E-state index contributed by atoms with van der Waals surface area (Å²) >= 11 is 15.5. The molecule has 3 heterocycles. The smallest absolute Gasteiger partial charge is 0.247 e. The minimum Gasteiger partial charge on any atom is -0.338 e. The van der Waals surface area contributed by atoms with Crippen LogP contribution in [0.4, 0.5) is 11.4 Å². The average molecular weight is 662 g/mol. The fourth-order valence-electron chi connectivity index (χ4n) is 5.31. The fraction of sp³-hybridized carbons (Fsp3) is 0.393. The third kappa shape index (κ3) is 7.09. The van der Waals surface area contributed by atoms with Crippen molar-refractivity contribution in [3.8, 4) is 0 Å². The lowest BCUT2D eigenvalue weighted by Crippen LogP contribution is -2.60. The van der Waals surface area contributed by atoms with Gasteiger partial charge in [0.05, 0.1) is 17.6 Å². The van der Waals surface area contributed by atoms with E-state index in [-0.39, 0.29) is 36.5 Å². The number of hydrazone groups is 1. The molecule has 1 saturated heterocycles. The van der Waals surface area contributed by atoms with Gasteiger partial charge in [0.1, 0.15) is 17.2 Å². The maximum absolute atomic E-state index is 13.7. The molecular formula is C28H31BrCl2N8O2. The zero-order valence-corrected chi connectivity index (χ0v) is 26.1.